The van der Waals surface area contributed by atoms with Crippen LogP contribution in [0, 0.1) is 0 Å². The summed E-state index contributed by atoms with van der Waals surface area (Å²) in [6.07, 6.45) is 0. The molecule has 4 nitrogen and oxygen atoms in total. The van der Waals surface area contributed by atoms with Gasteiger partial charge in [0.1, 0.15) is 16.8 Å². The van der Waals surface area contributed by atoms with Crippen LogP contribution in [0.2, 0.25) is 0 Å². The molecule has 0 N–H and O–H groups in total. The Kier molecular flexibility index (Phi) is 5.47. The molecule has 206 valence electrons. The summed E-state index contributed by atoms with van der Waals surface area (Å²) >= 11 is 0. The summed E-state index contributed by atoms with van der Waals surface area (Å²) in [5.41, 5.74) is 10.8. The Morgan fingerprint density at radius 3 is 1.82 bits per heavy atom. The van der Waals surface area contributed by atoms with Crippen molar-refractivity contribution in [3.63, 3.8) is 0 Å². The first-order valence-corrected chi connectivity index (χ1v) is 14.8. The molecule has 0 bridgehead atoms. The van der Waals surface area contributed by atoms with E-state index in [1.807, 2.05) is 36.4 Å². The lowest BCUT2D eigenvalue weighted by molar-refractivity contribution is 0.667. The SMILES string of the molecule is c1ccc(-c2nc(-c3cccc(-c4cccc(-n5c6ccccc6c6ccccc65)c4)c3)nc3c2oc2ccccc23)cc1. The maximum Gasteiger partial charge on any atom is 0.180 e. The molecule has 0 atom stereocenters. The van der Waals surface area contributed by atoms with Crippen LogP contribution in [-0.4, -0.2) is 14.5 Å². The van der Waals surface area contributed by atoms with Crippen molar-refractivity contribution in [1.82, 2.24) is 14.5 Å². The number of para-hydroxylation sites is 3. The quantitative estimate of drug-likeness (QED) is 0.214. The summed E-state index contributed by atoms with van der Waals surface area (Å²) in [5.74, 6) is 0.670. The second-order valence-corrected chi connectivity index (χ2v) is 11.0. The highest BCUT2D eigenvalue weighted by atomic mass is 16.3. The zero-order valence-electron chi connectivity index (χ0n) is 23.7. The van der Waals surface area contributed by atoms with Crippen LogP contribution in [0.5, 0.6) is 0 Å². The van der Waals surface area contributed by atoms with Crippen molar-refractivity contribution in [2.75, 3.05) is 0 Å². The van der Waals surface area contributed by atoms with Crippen LogP contribution < -0.4 is 0 Å². The Bertz CT molecular complexity index is 2450. The molecule has 0 aliphatic heterocycles. The first-order chi connectivity index (χ1) is 21.8. The van der Waals surface area contributed by atoms with Gasteiger partial charge in [-0.05, 0) is 53.6 Å². The highest BCUT2D eigenvalue weighted by Gasteiger charge is 2.18. The predicted molar refractivity (Wildman–Crippen MR) is 180 cm³/mol. The lowest BCUT2D eigenvalue weighted by Gasteiger charge is -2.11. The number of nitrogens with zero attached hydrogens (tertiary/aromatic N) is 3. The van der Waals surface area contributed by atoms with E-state index in [0.29, 0.717) is 11.4 Å². The number of hydrogen-bond acceptors (Lipinski definition) is 3. The molecular formula is C40H25N3O. The fraction of sp³-hybridized carbons (Fsp3) is 0. The molecule has 0 amide bonds. The Hall–Kier alpha value is -6.00. The molecule has 4 heteroatoms. The molecule has 9 aromatic rings. The van der Waals surface area contributed by atoms with Crippen LogP contribution in [-0.2, 0) is 0 Å². The second-order valence-electron chi connectivity index (χ2n) is 11.0. The van der Waals surface area contributed by atoms with Crippen LogP contribution in [0.25, 0.3) is 83.3 Å². The van der Waals surface area contributed by atoms with Gasteiger partial charge in [-0.25, -0.2) is 9.97 Å². The third-order valence-electron chi connectivity index (χ3n) is 8.41. The maximum absolute atomic E-state index is 6.30. The van der Waals surface area contributed by atoms with Gasteiger partial charge in [0, 0.05) is 33.0 Å². The van der Waals surface area contributed by atoms with E-state index in [4.69, 9.17) is 14.4 Å². The lowest BCUT2D eigenvalue weighted by atomic mass is 10.0. The first kappa shape index (κ1) is 24.6. The number of benzene rings is 6. The van der Waals surface area contributed by atoms with E-state index in [-0.39, 0.29) is 0 Å². The van der Waals surface area contributed by atoms with Crippen LogP contribution in [0.1, 0.15) is 0 Å². The van der Waals surface area contributed by atoms with E-state index in [1.165, 1.54) is 21.8 Å². The van der Waals surface area contributed by atoms with E-state index in [0.717, 1.165) is 50.1 Å². The topological polar surface area (TPSA) is 43.9 Å². The van der Waals surface area contributed by atoms with E-state index in [2.05, 4.69) is 120 Å². The number of fused-ring (bicyclic) bond motifs is 6. The van der Waals surface area contributed by atoms with Gasteiger partial charge < -0.3 is 8.98 Å². The van der Waals surface area contributed by atoms with E-state index >= 15 is 0 Å². The van der Waals surface area contributed by atoms with Crippen molar-refractivity contribution < 1.29 is 4.42 Å². The molecule has 0 saturated carbocycles. The summed E-state index contributed by atoms with van der Waals surface area (Å²) < 4.78 is 8.66. The summed E-state index contributed by atoms with van der Waals surface area (Å²) in [7, 11) is 0. The summed E-state index contributed by atoms with van der Waals surface area (Å²) in [4.78, 5) is 10.2. The Balaban J connectivity index is 1.20. The molecule has 0 saturated heterocycles. The Morgan fingerprint density at radius 2 is 1.05 bits per heavy atom. The highest BCUT2D eigenvalue weighted by molar-refractivity contribution is 6.09. The van der Waals surface area contributed by atoms with Crippen molar-refractivity contribution in [2.45, 2.75) is 0 Å². The zero-order valence-corrected chi connectivity index (χ0v) is 23.7. The second kappa shape index (κ2) is 9.79. The standard InChI is InChI=1S/C40H25N3O/c1-2-12-26(13-3-1)37-39-38(33-20-6-9-23-36(33)44-39)42-40(41-37)29-16-10-14-27(24-29)28-15-11-17-30(25-28)43-34-21-7-4-18-31(34)32-19-5-8-22-35(32)43/h1-25H. The monoisotopic (exact) mass is 563 g/mol. The van der Waals surface area contributed by atoms with Gasteiger partial charge in [0.2, 0.25) is 0 Å². The minimum absolute atomic E-state index is 0.670. The van der Waals surface area contributed by atoms with Gasteiger partial charge in [0.25, 0.3) is 0 Å². The average Bonchev–Trinajstić information content (AvgIpc) is 3.64. The molecule has 3 aromatic heterocycles. The van der Waals surface area contributed by atoms with Crippen LogP contribution in [0.3, 0.4) is 0 Å². The molecule has 0 unspecified atom stereocenters. The van der Waals surface area contributed by atoms with Crippen molar-refractivity contribution in [3.05, 3.63) is 152 Å². The first-order valence-electron chi connectivity index (χ1n) is 14.8. The lowest BCUT2D eigenvalue weighted by Crippen LogP contribution is -1.95. The molecule has 44 heavy (non-hydrogen) atoms. The summed E-state index contributed by atoms with van der Waals surface area (Å²) in [5, 5.41) is 3.49. The van der Waals surface area contributed by atoms with E-state index in [1.54, 1.807) is 0 Å². The molecule has 6 aromatic carbocycles. The van der Waals surface area contributed by atoms with Crippen molar-refractivity contribution in [3.8, 4) is 39.5 Å². The minimum atomic E-state index is 0.670. The van der Waals surface area contributed by atoms with Crippen molar-refractivity contribution >= 4 is 43.9 Å². The molecular weight excluding hydrogens is 538 g/mol. The molecule has 9 rings (SSSR count). The molecule has 0 radical (unpaired) electrons. The van der Waals surface area contributed by atoms with Crippen LogP contribution in [0.4, 0.5) is 0 Å². The minimum Gasteiger partial charge on any atom is -0.452 e. The van der Waals surface area contributed by atoms with Gasteiger partial charge >= 0.3 is 0 Å². The fourth-order valence-electron chi connectivity index (χ4n) is 6.37. The molecule has 0 aliphatic carbocycles. The van der Waals surface area contributed by atoms with Gasteiger partial charge in [-0.15, -0.1) is 0 Å². The summed E-state index contributed by atoms with van der Waals surface area (Å²) in [6.45, 7) is 0. The van der Waals surface area contributed by atoms with Gasteiger partial charge in [0.05, 0.1) is 11.0 Å². The van der Waals surface area contributed by atoms with Crippen LogP contribution >= 0.6 is 0 Å². The Labute approximate surface area is 253 Å². The number of hydrogen-bond donors (Lipinski definition) is 0. The van der Waals surface area contributed by atoms with E-state index < -0.39 is 0 Å². The van der Waals surface area contributed by atoms with Gasteiger partial charge in [-0.3, -0.25) is 0 Å². The third-order valence-corrected chi connectivity index (χ3v) is 8.41. The number of furan rings is 1. The van der Waals surface area contributed by atoms with Crippen LogP contribution in [0.15, 0.2) is 156 Å². The number of rotatable bonds is 4. The maximum atomic E-state index is 6.30. The molecule has 3 heterocycles. The molecule has 0 fully saturated rings. The van der Waals surface area contributed by atoms with E-state index in [9.17, 15) is 0 Å². The Morgan fingerprint density at radius 1 is 0.455 bits per heavy atom. The smallest absolute Gasteiger partial charge is 0.180 e. The van der Waals surface area contributed by atoms with Gasteiger partial charge in [0.15, 0.2) is 11.4 Å². The van der Waals surface area contributed by atoms with Gasteiger partial charge in [-0.1, -0.05) is 109 Å². The largest absolute Gasteiger partial charge is 0.452 e. The van der Waals surface area contributed by atoms with Crippen molar-refractivity contribution in [2.24, 2.45) is 0 Å². The number of aromatic nitrogens is 3. The average molecular weight is 564 g/mol. The fourth-order valence-corrected chi connectivity index (χ4v) is 6.37. The predicted octanol–water partition coefficient (Wildman–Crippen LogP) is 10.5. The normalized spacial score (nSPS) is 11.6. The third kappa shape index (κ3) is 3.85. The summed E-state index contributed by atoms with van der Waals surface area (Å²) in [6, 6.07) is 52.7. The van der Waals surface area contributed by atoms with Crippen molar-refractivity contribution in [1.29, 1.82) is 0 Å². The zero-order chi connectivity index (χ0) is 29.0. The van der Waals surface area contributed by atoms with Gasteiger partial charge in [-0.2, -0.15) is 0 Å². The molecule has 0 aliphatic rings. The molecule has 0 spiro atoms. The highest BCUT2D eigenvalue weighted by Crippen LogP contribution is 2.37.